The van der Waals surface area contributed by atoms with E-state index in [0.717, 1.165) is 50.8 Å². The van der Waals surface area contributed by atoms with Gasteiger partial charge in [0.2, 0.25) is 5.88 Å². The van der Waals surface area contributed by atoms with Gasteiger partial charge in [-0.1, -0.05) is 6.42 Å². The molecule has 0 spiro atoms. The Balaban J connectivity index is 1.31. The fourth-order valence-electron chi connectivity index (χ4n) is 4.15. The number of hydrogen-bond donors (Lipinski definition) is 0. The molecule has 27 heavy (non-hydrogen) atoms. The molecule has 5 nitrogen and oxygen atoms in total. The Hall–Kier alpha value is -1.27. The van der Waals surface area contributed by atoms with Gasteiger partial charge in [-0.05, 0) is 50.3 Å². The smallest absolute Gasteiger partial charge is 0.255 e. The van der Waals surface area contributed by atoms with Gasteiger partial charge in [-0.25, -0.2) is 4.98 Å². The van der Waals surface area contributed by atoms with Gasteiger partial charge in [0.15, 0.2) is 0 Å². The SMILES string of the molecule is O=C(c1ccc(OC2CCCCSC2)nc1)N1CCCN(C2CCC2)CC1. The van der Waals surface area contributed by atoms with E-state index in [1.807, 2.05) is 28.8 Å². The molecule has 1 aromatic rings. The average Bonchev–Trinajstić information content (AvgIpc) is 3.04. The molecule has 1 atom stereocenters. The van der Waals surface area contributed by atoms with Crippen LogP contribution >= 0.6 is 11.8 Å². The molecule has 1 aliphatic carbocycles. The van der Waals surface area contributed by atoms with Crippen molar-refractivity contribution >= 4 is 17.7 Å². The summed E-state index contributed by atoms with van der Waals surface area (Å²) in [5, 5.41) is 0. The van der Waals surface area contributed by atoms with Crippen LogP contribution in [0.1, 0.15) is 55.3 Å². The van der Waals surface area contributed by atoms with Crippen molar-refractivity contribution in [2.45, 2.75) is 57.1 Å². The number of rotatable bonds is 4. The monoisotopic (exact) mass is 389 g/mol. The summed E-state index contributed by atoms with van der Waals surface area (Å²) in [5.74, 6) is 3.02. The van der Waals surface area contributed by atoms with Crippen molar-refractivity contribution in [3.63, 3.8) is 0 Å². The van der Waals surface area contributed by atoms with Crippen molar-refractivity contribution in [3.8, 4) is 5.88 Å². The van der Waals surface area contributed by atoms with Crippen molar-refractivity contribution in [2.75, 3.05) is 37.7 Å². The maximum atomic E-state index is 12.9. The van der Waals surface area contributed by atoms with E-state index < -0.39 is 0 Å². The lowest BCUT2D eigenvalue weighted by Gasteiger charge is -2.36. The maximum absolute atomic E-state index is 12.9. The summed E-state index contributed by atoms with van der Waals surface area (Å²) in [5.41, 5.74) is 0.676. The summed E-state index contributed by atoms with van der Waals surface area (Å²) < 4.78 is 6.03. The van der Waals surface area contributed by atoms with Crippen molar-refractivity contribution < 1.29 is 9.53 Å². The van der Waals surface area contributed by atoms with Crippen LogP contribution in [0.25, 0.3) is 0 Å². The molecular formula is C21H31N3O2S. The van der Waals surface area contributed by atoms with Crippen molar-refractivity contribution in [1.29, 1.82) is 0 Å². The zero-order valence-corrected chi connectivity index (χ0v) is 17.0. The molecule has 1 saturated carbocycles. The first kappa shape index (κ1) is 19.1. The number of nitrogens with zero attached hydrogens (tertiary/aromatic N) is 3. The molecule has 148 valence electrons. The third-order valence-electron chi connectivity index (χ3n) is 6.05. The lowest BCUT2D eigenvalue weighted by molar-refractivity contribution is 0.0749. The highest BCUT2D eigenvalue weighted by Crippen LogP contribution is 2.26. The third kappa shape index (κ3) is 4.96. The maximum Gasteiger partial charge on any atom is 0.255 e. The Labute approximate surface area is 166 Å². The first-order valence-electron chi connectivity index (χ1n) is 10.5. The lowest BCUT2D eigenvalue weighted by Crippen LogP contribution is -2.42. The zero-order chi connectivity index (χ0) is 18.5. The van der Waals surface area contributed by atoms with Gasteiger partial charge >= 0.3 is 0 Å². The van der Waals surface area contributed by atoms with Crippen LogP contribution < -0.4 is 4.74 Å². The van der Waals surface area contributed by atoms with Gasteiger partial charge in [0, 0.05) is 50.2 Å². The van der Waals surface area contributed by atoms with Gasteiger partial charge in [0.1, 0.15) is 6.10 Å². The molecule has 1 unspecified atom stereocenters. The summed E-state index contributed by atoms with van der Waals surface area (Å²) in [6, 6.07) is 4.50. The highest BCUT2D eigenvalue weighted by molar-refractivity contribution is 7.99. The summed E-state index contributed by atoms with van der Waals surface area (Å²) in [6.07, 6.45) is 10.6. The Bertz CT molecular complexity index is 612. The molecule has 3 heterocycles. The van der Waals surface area contributed by atoms with E-state index in [-0.39, 0.29) is 12.0 Å². The molecule has 6 heteroatoms. The van der Waals surface area contributed by atoms with Gasteiger partial charge in [-0.2, -0.15) is 11.8 Å². The fourth-order valence-corrected chi connectivity index (χ4v) is 5.23. The van der Waals surface area contributed by atoms with E-state index in [9.17, 15) is 4.79 Å². The number of thioether (sulfide) groups is 1. The average molecular weight is 390 g/mol. The number of hydrogen-bond acceptors (Lipinski definition) is 5. The van der Waals surface area contributed by atoms with Crippen LogP contribution in [-0.4, -0.2) is 70.5 Å². The summed E-state index contributed by atoms with van der Waals surface area (Å²) in [6.45, 7) is 3.80. The molecule has 1 aromatic heterocycles. The minimum atomic E-state index is 0.106. The second-order valence-corrected chi connectivity index (χ2v) is 9.11. The number of carbonyl (C=O) groups excluding carboxylic acids is 1. The number of ether oxygens (including phenoxy) is 1. The number of pyridine rings is 1. The van der Waals surface area contributed by atoms with Gasteiger partial charge in [-0.15, -0.1) is 0 Å². The van der Waals surface area contributed by atoms with Crippen molar-refractivity contribution in [2.24, 2.45) is 0 Å². The molecule has 2 aliphatic heterocycles. The number of amides is 1. The second-order valence-electron chi connectivity index (χ2n) is 7.96. The molecule has 3 aliphatic rings. The van der Waals surface area contributed by atoms with Crippen molar-refractivity contribution in [3.05, 3.63) is 23.9 Å². The Morgan fingerprint density at radius 3 is 2.74 bits per heavy atom. The largest absolute Gasteiger partial charge is 0.473 e. The van der Waals surface area contributed by atoms with E-state index in [1.165, 1.54) is 37.9 Å². The number of carbonyl (C=O) groups is 1. The van der Waals surface area contributed by atoms with E-state index >= 15 is 0 Å². The first-order valence-corrected chi connectivity index (χ1v) is 11.7. The molecule has 0 aromatic carbocycles. The normalized spacial score (nSPS) is 25.3. The predicted octanol–water partition coefficient (Wildman–Crippen LogP) is 3.45. The Morgan fingerprint density at radius 1 is 1.04 bits per heavy atom. The zero-order valence-electron chi connectivity index (χ0n) is 16.1. The molecule has 0 bridgehead atoms. The van der Waals surface area contributed by atoms with E-state index in [0.29, 0.717) is 11.4 Å². The molecule has 4 rings (SSSR count). The number of aromatic nitrogens is 1. The van der Waals surface area contributed by atoms with Gasteiger partial charge < -0.3 is 9.64 Å². The minimum Gasteiger partial charge on any atom is -0.473 e. The highest BCUT2D eigenvalue weighted by atomic mass is 32.2. The summed E-state index contributed by atoms with van der Waals surface area (Å²) >= 11 is 1.96. The van der Waals surface area contributed by atoms with Gasteiger partial charge in [0.05, 0.1) is 5.56 Å². The quantitative estimate of drug-likeness (QED) is 0.789. The standard InChI is InChI=1S/C21H31N3O2S/c25-21(24-11-4-10-23(12-13-24)18-5-3-6-18)17-8-9-20(22-15-17)26-19-7-1-2-14-27-16-19/h8-9,15,18-19H,1-7,10-14,16H2. The second kappa shape index (κ2) is 9.28. The lowest BCUT2D eigenvalue weighted by atomic mass is 9.91. The van der Waals surface area contributed by atoms with Crippen LogP contribution in [0.4, 0.5) is 0 Å². The third-order valence-corrected chi connectivity index (χ3v) is 7.23. The van der Waals surface area contributed by atoms with Gasteiger partial charge in [-0.3, -0.25) is 9.69 Å². The molecule has 1 amide bonds. The van der Waals surface area contributed by atoms with Crippen LogP contribution in [0, 0.1) is 0 Å². The van der Waals surface area contributed by atoms with E-state index in [4.69, 9.17) is 4.74 Å². The molecule has 0 N–H and O–H groups in total. The fraction of sp³-hybridized carbons (Fsp3) is 0.714. The summed E-state index contributed by atoms with van der Waals surface area (Å²) in [4.78, 5) is 21.9. The van der Waals surface area contributed by atoms with Crippen LogP contribution in [0.2, 0.25) is 0 Å². The molecule has 2 saturated heterocycles. The predicted molar refractivity (Wildman–Crippen MR) is 110 cm³/mol. The van der Waals surface area contributed by atoms with Gasteiger partial charge in [0.25, 0.3) is 5.91 Å². The summed E-state index contributed by atoms with van der Waals surface area (Å²) in [7, 11) is 0. The molecule has 3 fully saturated rings. The Kier molecular flexibility index (Phi) is 6.56. The highest BCUT2D eigenvalue weighted by Gasteiger charge is 2.28. The minimum absolute atomic E-state index is 0.106. The van der Waals surface area contributed by atoms with E-state index in [2.05, 4.69) is 9.88 Å². The van der Waals surface area contributed by atoms with Crippen LogP contribution in [0.3, 0.4) is 0 Å². The molecule has 0 radical (unpaired) electrons. The Morgan fingerprint density at radius 2 is 1.96 bits per heavy atom. The van der Waals surface area contributed by atoms with E-state index in [1.54, 1.807) is 6.20 Å². The van der Waals surface area contributed by atoms with Crippen molar-refractivity contribution in [1.82, 2.24) is 14.8 Å². The molecular weight excluding hydrogens is 358 g/mol. The van der Waals surface area contributed by atoms with Crippen LogP contribution in [0.5, 0.6) is 5.88 Å². The van der Waals surface area contributed by atoms with Crippen LogP contribution in [0.15, 0.2) is 18.3 Å². The first-order chi connectivity index (χ1) is 13.3. The van der Waals surface area contributed by atoms with Crippen LogP contribution in [-0.2, 0) is 0 Å². The topological polar surface area (TPSA) is 45.7 Å².